The summed E-state index contributed by atoms with van der Waals surface area (Å²) in [4.78, 5) is 38.2. The molecular weight excluding hydrogens is 949 g/mol. The Bertz CT molecular complexity index is 1650. The zero-order valence-electron chi connectivity index (χ0n) is 49.9. The lowest BCUT2D eigenvalue weighted by Crippen LogP contribution is -2.30. The number of allylic oxidation sites excluding steroid dienone is 22. The molecule has 0 amide bonds. The van der Waals surface area contributed by atoms with Gasteiger partial charge in [0.2, 0.25) is 0 Å². The summed E-state index contributed by atoms with van der Waals surface area (Å²) < 4.78 is 16.8. The van der Waals surface area contributed by atoms with Crippen LogP contribution in [-0.4, -0.2) is 37.2 Å². The summed E-state index contributed by atoms with van der Waals surface area (Å²) in [7, 11) is 0. The average molecular weight is 1070 g/mol. The van der Waals surface area contributed by atoms with Crippen molar-refractivity contribution in [1.82, 2.24) is 0 Å². The Morgan fingerprint density at radius 1 is 0.273 bits per heavy atom. The molecule has 0 aliphatic rings. The van der Waals surface area contributed by atoms with Gasteiger partial charge >= 0.3 is 17.9 Å². The molecule has 0 fully saturated rings. The van der Waals surface area contributed by atoms with Gasteiger partial charge in [-0.2, -0.15) is 0 Å². The third kappa shape index (κ3) is 62.3. The topological polar surface area (TPSA) is 78.9 Å². The maximum Gasteiger partial charge on any atom is 0.306 e. The highest BCUT2D eigenvalue weighted by atomic mass is 16.6. The van der Waals surface area contributed by atoms with Gasteiger partial charge in [0.05, 0.1) is 0 Å². The Hall–Kier alpha value is -4.45. The van der Waals surface area contributed by atoms with Gasteiger partial charge in [0.15, 0.2) is 6.10 Å². The first-order chi connectivity index (χ1) is 38.0. The molecule has 0 spiro atoms. The second kappa shape index (κ2) is 64.1. The molecule has 6 heteroatoms. The molecular formula is C71H116O6. The van der Waals surface area contributed by atoms with E-state index in [1.807, 2.05) is 0 Å². The first-order valence-corrected chi connectivity index (χ1v) is 31.7. The van der Waals surface area contributed by atoms with Crippen LogP contribution in [0.5, 0.6) is 0 Å². The predicted octanol–water partition coefficient (Wildman–Crippen LogP) is 21.8. The highest BCUT2D eigenvalue weighted by molar-refractivity contribution is 5.71. The van der Waals surface area contributed by atoms with Crippen molar-refractivity contribution in [3.05, 3.63) is 134 Å². The van der Waals surface area contributed by atoms with E-state index in [0.717, 1.165) is 116 Å². The Labute approximate surface area is 475 Å². The molecule has 0 heterocycles. The van der Waals surface area contributed by atoms with Gasteiger partial charge < -0.3 is 14.2 Å². The average Bonchev–Trinajstić information content (AvgIpc) is 3.43. The van der Waals surface area contributed by atoms with E-state index in [1.54, 1.807) is 0 Å². The number of hydrogen-bond donors (Lipinski definition) is 0. The summed E-state index contributed by atoms with van der Waals surface area (Å²) in [6, 6.07) is 0. The SMILES string of the molecule is CC/C=C\C/C=C\C/C=C\C/C=C\C/C=C\C/C=C\C/C=C\C/C=C\C/C=C\CCCC(=O)OCC(COC(=O)CCCCCCC/C=C\CCCCC)OC(=O)CCCCCCCCC/C=C\CCCCCCCCC. The first-order valence-electron chi connectivity index (χ1n) is 31.7. The molecule has 0 aromatic heterocycles. The van der Waals surface area contributed by atoms with Crippen molar-refractivity contribution in [3.63, 3.8) is 0 Å². The van der Waals surface area contributed by atoms with Gasteiger partial charge in [-0.1, -0.05) is 257 Å². The zero-order valence-corrected chi connectivity index (χ0v) is 49.9. The van der Waals surface area contributed by atoms with Crippen LogP contribution in [0.25, 0.3) is 0 Å². The normalized spacial score (nSPS) is 13.0. The molecule has 0 radical (unpaired) electrons. The fourth-order valence-corrected chi connectivity index (χ4v) is 8.37. The molecule has 0 aromatic rings. The molecule has 0 aliphatic heterocycles. The number of esters is 3. The van der Waals surface area contributed by atoms with Crippen molar-refractivity contribution in [2.24, 2.45) is 0 Å². The van der Waals surface area contributed by atoms with Gasteiger partial charge in [-0.05, 0) is 135 Å². The minimum atomic E-state index is -0.812. The number of hydrogen-bond acceptors (Lipinski definition) is 6. The fourth-order valence-electron chi connectivity index (χ4n) is 8.37. The second-order valence-corrected chi connectivity index (χ2v) is 20.6. The van der Waals surface area contributed by atoms with Crippen molar-refractivity contribution < 1.29 is 28.6 Å². The summed E-state index contributed by atoms with van der Waals surface area (Å²) in [6.45, 7) is 6.45. The monoisotopic (exact) mass is 1060 g/mol. The Balaban J connectivity index is 4.43. The molecule has 0 rings (SSSR count). The van der Waals surface area contributed by atoms with Crippen LogP contribution in [0.1, 0.15) is 278 Å². The fraction of sp³-hybridized carbons (Fsp3) is 0.648. The molecule has 1 atom stereocenters. The van der Waals surface area contributed by atoms with Crippen LogP contribution in [0.3, 0.4) is 0 Å². The quantitative estimate of drug-likeness (QED) is 0.0261. The Morgan fingerprint density at radius 3 is 0.883 bits per heavy atom. The summed E-state index contributed by atoms with van der Waals surface area (Å²) >= 11 is 0. The number of carbonyl (C=O) groups excluding carboxylic acids is 3. The molecule has 436 valence electrons. The molecule has 77 heavy (non-hydrogen) atoms. The van der Waals surface area contributed by atoms with Gasteiger partial charge in [0, 0.05) is 19.3 Å². The van der Waals surface area contributed by atoms with Gasteiger partial charge in [0.25, 0.3) is 0 Å². The van der Waals surface area contributed by atoms with E-state index in [4.69, 9.17) is 14.2 Å². The first kappa shape index (κ1) is 72.5. The summed E-state index contributed by atoms with van der Waals surface area (Å²) in [5.41, 5.74) is 0. The van der Waals surface area contributed by atoms with Crippen LogP contribution >= 0.6 is 0 Å². The van der Waals surface area contributed by atoms with Crippen molar-refractivity contribution >= 4 is 17.9 Å². The van der Waals surface area contributed by atoms with Crippen LogP contribution in [0.15, 0.2) is 134 Å². The van der Waals surface area contributed by atoms with E-state index in [2.05, 4.69) is 154 Å². The Morgan fingerprint density at radius 2 is 0.519 bits per heavy atom. The van der Waals surface area contributed by atoms with Crippen molar-refractivity contribution in [1.29, 1.82) is 0 Å². The van der Waals surface area contributed by atoms with Crippen LogP contribution in [0, 0.1) is 0 Å². The Kier molecular flexibility index (Phi) is 60.4. The van der Waals surface area contributed by atoms with E-state index in [-0.39, 0.29) is 37.5 Å². The molecule has 0 aliphatic carbocycles. The van der Waals surface area contributed by atoms with Crippen molar-refractivity contribution in [3.8, 4) is 0 Å². The van der Waals surface area contributed by atoms with E-state index >= 15 is 0 Å². The highest BCUT2D eigenvalue weighted by Crippen LogP contribution is 2.14. The highest BCUT2D eigenvalue weighted by Gasteiger charge is 2.19. The lowest BCUT2D eigenvalue weighted by Gasteiger charge is -2.18. The summed E-state index contributed by atoms with van der Waals surface area (Å²) in [6.07, 6.45) is 90.3. The predicted molar refractivity (Wildman–Crippen MR) is 334 cm³/mol. The third-order valence-electron chi connectivity index (χ3n) is 13.1. The van der Waals surface area contributed by atoms with Gasteiger partial charge in [-0.3, -0.25) is 14.4 Å². The standard InChI is InChI=1S/C71H116O6/c1-4-7-10-13-16-19-22-25-27-29-31-32-33-34-35-36-37-38-39-40-41-43-44-46-49-52-55-58-61-64-70(73)76-67-68(66-75-69(72)63-60-57-54-51-48-24-21-18-15-12-9-6-3)77-71(74)65-62-59-56-53-50-47-45-42-30-28-26-23-20-17-14-11-8-5-2/h7,10,16,18-19,21,25,27-28,30-32,34-35,37-38,40-41,44,46,52,55,68H,4-6,8-9,11-15,17,20,22-24,26,29,33,36,39,42-43,45,47-51,53-54,56-67H2,1-3H3/b10-7-,19-16-,21-18-,27-25-,30-28-,32-31-,35-34-,38-37-,41-40-,46-44-,55-52-. The molecule has 0 bridgehead atoms. The number of ether oxygens (including phenoxy) is 3. The van der Waals surface area contributed by atoms with Gasteiger partial charge in [0.1, 0.15) is 13.2 Å². The lowest BCUT2D eigenvalue weighted by molar-refractivity contribution is -0.167. The molecule has 6 nitrogen and oxygen atoms in total. The molecule has 0 aromatic carbocycles. The molecule has 0 N–H and O–H groups in total. The van der Waals surface area contributed by atoms with E-state index in [9.17, 15) is 14.4 Å². The van der Waals surface area contributed by atoms with Crippen molar-refractivity contribution in [2.75, 3.05) is 13.2 Å². The number of unbranched alkanes of at least 4 members (excludes halogenated alkanes) is 23. The maximum absolute atomic E-state index is 12.9. The van der Waals surface area contributed by atoms with E-state index in [0.29, 0.717) is 19.3 Å². The lowest BCUT2D eigenvalue weighted by atomic mass is 10.1. The second-order valence-electron chi connectivity index (χ2n) is 20.6. The number of rotatable bonds is 56. The summed E-state index contributed by atoms with van der Waals surface area (Å²) in [5, 5.41) is 0. The zero-order chi connectivity index (χ0) is 55.7. The molecule has 1 unspecified atom stereocenters. The molecule has 0 saturated heterocycles. The third-order valence-corrected chi connectivity index (χ3v) is 13.1. The van der Waals surface area contributed by atoms with E-state index in [1.165, 1.54) is 116 Å². The van der Waals surface area contributed by atoms with Crippen LogP contribution in [0.2, 0.25) is 0 Å². The van der Waals surface area contributed by atoms with Gasteiger partial charge in [-0.25, -0.2) is 0 Å². The maximum atomic E-state index is 12.9. The van der Waals surface area contributed by atoms with Crippen LogP contribution < -0.4 is 0 Å². The van der Waals surface area contributed by atoms with Gasteiger partial charge in [-0.15, -0.1) is 0 Å². The van der Waals surface area contributed by atoms with Crippen LogP contribution in [-0.2, 0) is 28.6 Å². The minimum absolute atomic E-state index is 0.105. The summed E-state index contributed by atoms with van der Waals surface area (Å²) in [5.74, 6) is -0.979. The minimum Gasteiger partial charge on any atom is -0.462 e. The smallest absolute Gasteiger partial charge is 0.306 e. The van der Waals surface area contributed by atoms with Crippen molar-refractivity contribution in [2.45, 2.75) is 284 Å². The number of carbonyl (C=O) groups is 3. The largest absolute Gasteiger partial charge is 0.462 e. The van der Waals surface area contributed by atoms with Crippen LogP contribution in [0.4, 0.5) is 0 Å². The van der Waals surface area contributed by atoms with E-state index < -0.39 is 6.10 Å². The molecule has 0 saturated carbocycles.